The van der Waals surface area contributed by atoms with Crippen molar-refractivity contribution >= 4 is 23.2 Å². The molecule has 188 valence electrons. The van der Waals surface area contributed by atoms with E-state index in [0.717, 1.165) is 36.1 Å². The average Bonchev–Trinajstić information content (AvgIpc) is 2.88. The molecule has 3 aromatic rings. The average molecular weight is 489 g/mol. The van der Waals surface area contributed by atoms with E-state index in [1.165, 1.54) is 0 Å². The zero-order valence-electron chi connectivity index (χ0n) is 20.8. The van der Waals surface area contributed by atoms with E-state index in [1.807, 2.05) is 55.5 Å². The fourth-order valence-corrected chi connectivity index (χ4v) is 3.99. The van der Waals surface area contributed by atoms with Crippen LogP contribution in [0, 0.1) is 6.92 Å². The maximum atomic E-state index is 12.6. The highest BCUT2D eigenvalue weighted by atomic mass is 16.5. The lowest BCUT2D eigenvalue weighted by molar-refractivity contribution is -0.121. The summed E-state index contributed by atoms with van der Waals surface area (Å²) in [5.74, 6) is 1.75. The highest BCUT2D eigenvalue weighted by molar-refractivity contribution is 5.99. The molecule has 0 fully saturated rings. The monoisotopic (exact) mass is 488 g/mol. The minimum Gasteiger partial charge on any atom is -0.494 e. The Hall–Kier alpha value is -4.00. The number of amides is 2. The van der Waals surface area contributed by atoms with Gasteiger partial charge in [-0.2, -0.15) is 0 Å². The van der Waals surface area contributed by atoms with Gasteiger partial charge in [0.2, 0.25) is 0 Å². The Balaban J connectivity index is 1.31. The first-order chi connectivity index (χ1) is 17.5. The molecule has 0 atom stereocenters. The van der Waals surface area contributed by atoms with Crippen LogP contribution in [0.3, 0.4) is 0 Å². The summed E-state index contributed by atoms with van der Waals surface area (Å²) >= 11 is 0. The molecule has 0 aromatic heterocycles. The number of anilines is 2. The van der Waals surface area contributed by atoms with Crippen LogP contribution < -0.4 is 24.4 Å². The Morgan fingerprint density at radius 1 is 1.00 bits per heavy atom. The van der Waals surface area contributed by atoms with E-state index in [1.54, 1.807) is 23.1 Å². The first kappa shape index (κ1) is 25.1. The Kier molecular flexibility index (Phi) is 8.44. The minimum atomic E-state index is -0.278. The molecular weight excluding hydrogens is 456 g/mol. The molecule has 1 N–H and O–H groups in total. The summed E-state index contributed by atoms with van der Waals surface area (Å²) in [6, 6.07) is 21.0. The predicted octanol–water partition coefficient (Wildman–Crippen LogP) is 5.16. The Morgan fingerprint density at radius 2 is 1.81 bits per heavy atom. The van der Waals surface area contributed by atoms with Gasteiger partial charge in [0.05, 0.1) is 12.3 Å². The van der Waals surface area contributed by atoms with Gasteiger partial charge in [0, 0.05) is 12.2 Å². The smallest absolute Gasteiger partial charge is 0.265 e. The molecule has 0 spiro atoms. The number of hydrogen-bond acceptors (Lipinski definition) is 5. The van der Waals surface area contributed by atoms with Crippen LogP contribution >= 0.6 is 0 Å². The fourth-order valence-electron chi connectivity index (χ4n) is 3.99. The van der Waals surface area contributed by atoms with Gasteiger partial charge < -0.3 is 24.4 Å². The number of carbonyl (C=O) groups excluding carboxylic acids is 2. The number of aryl methyl sites for hydroxylation is 2. The van der Waals surface area contributed by atoms with Crippen LogP contribution in [0.2, 0.25) is 0 Å². The van der Waals surface area contributed by atoms with Crippen molar-refractivity contribution in [2.75, 3.05) is 36.6 Å². The summed E-state index contributed by atoms with van der Waals surface area (Å²) < 4.78 is 17.0. The first-order valence-corrected chi connectivity index (χ1v) is 12.3. The van der Waals surface area contributed by atoms with Crippen molar-refractivity contribution in [3.8, 4) is 17.2 Å². The third kappa shape index (κ3) is 6.78. The maximum absolute atomic E-state index is 12.6. The molecule has 0 saturated heterocycles. The van der Waals surface area contributed by atoms with Gasteiger partial charge in [0.1, 0.15) is 17.2 Å². The predicted molar refractivity (Wildman–Crippen MR) is 140 cm³/mol. The van der Waals surface area contributed by atoms with Crippen molar-refractivity contribution < 1.29 is 23.8 Å². The molecule has 0 unspecified atom stereocenters. The van der Waals surface area contributed by atoms with Gasteiger partial charge in [-0.25, -0.2) is 0 Å². The van der Waals surface area contributed by atoms with Crippen molar-refractivity contribution in [3.05, 3.63) is 77.9 Å². The summed E-state index contributed by atoms with van der Waals surface area (Å²) in [6.07, 6.45) is 2.48. The molecule has 36 heavy (non-hydrogen) atoms. The summed E-state index contributed by atoms with van der Waals surface area (Å²) in [6.45, 7) is 5.11. The Morgan fingerprint density at radius 3 is 2.61 bits per heavy atom. The van der Waals surface area contributed by atoms with Gasteiger partial charge in [0.15, 0.2) is 13.2 Å². The van der Waals surface area contributed by atoms with Crippen molar-refractivity contribution in [1.82, 2.24) is 0 Å². The molecule has 7 heteroatoms. The minimum absolute atomic E-state index is 0.00314. The van der Waals surface area contributed by atoms with Crippen LogP contribution in [-0.4, -0.2) is 38.2 Å². The third-order valence-corrected chi connectivity index (χ3v) is 5.90. The van der Waals surface area contributed by atoms with Crippen molar-refractivity contribution in [3.63, 3.8) is 0 Å². The van der Waals surface area contributed by atoms with Gasteiger partial charge in [-0.1, -0.05) is 31.2 Å². The number of nitrogens with one attached hydrogen (secondary N) is 1. The Bertz CT molecular complexity index is 1210. The summed E-state index contributed by atoms with van der Waals surface area (Å²) in [4.78, 5) is 26.8. The van der Waals surface area contributed by atoms with E-state index >= 15 is 0 Å². The lowest BCUT2D eigenvalue weighted by Crippen LogP contribution is -2.39. The zero-order valence-corrected chi connectivity index (χ0v) is 20.8. The summed E-state index contributed by atoms with van der Waals surface area (Å²) in [7, 11) is 0. The third-order valence-electron chi connectivity index (χ3n) is 5.90. The van der Waals surface area contributed by atoms with E-state index < -0.39 is 0 Å². The topological polar surface area (TPSA) is 77.1 Å². The number of unbranched alkanes of at least 4 members (excludes halogenated alkanes) is 1. The second kappa shape index (κ2) is 12.1. The molecule has 0 aliphatic carbocycles. The van der Waals surface area contributed by atoms with Crippen LogP contribution in [-0.2, 0) is 16.0 Å². The maximum Gasteiger partial charge on any atom is 0.265 e. The highest BCUT2D eigenvalue weighted by Gasteiger charge is 2.25. The molecule has 3 aromatic carbocycles. The van der Waals surface area contributed by atoms with E-state index in [0.29, 0.717) is 36.0 Å². The molecule has 0 radical (unpaired) electrons. The number of benzene rings is 3. The van der Waals surface area contributed by atoms with Crippen LogP contribution in [0.5, 0.6) is 17.2 Å². The molecule has 0 bridgehead atoms. The van der Waals surface area contributed by atoms with E-state index in [4.69, 9.17) is 14.2 Å². The van der Waals surface area contributed by atoms with E-state index in [9.17, 15) is 9.59 Å². The molecule has 4 rings (SSSR count). The standard InChI is InChI=1S/C29H32N2O5/c1-3-22-9-7-11-25(17-22)35-19-28(32)30-23-12-13-27-26(18-23)31(29(33)20-36-27)14-4-5-15-34-24-10-6-8-21(2)16-24/h6-13,16-18H,3-5,14-15,19-20H2,1-2H3,(H,30,32). The van der Waals surface area contributed by atoms with Crippen molar-refractivity contribution in [2.24, 2.45) is 0 Å². The van der Waals surface area contributed by atoms with E-state index in [-0.39, 0.29) is 25.0 Å². The number of fused-ring (bicyclic) bond motifs is 1. The number of rotatable bonds is 11. The van der Waals surface area contributed by atoms with Crippen molar-refractivity contribution in [1.29, 1.82) is 0 Å². The number of ether oxygens (including phenoxy) is 3. The quantitative estimate of drug-likeness (QED) is 0.377. The Labute approximate surface area is 212 Å². The lowest BCUT2D eigenvalue weighted by Gasteiger charge is -2.30. The van der Waals surface area contributed by atoms with Gasteiger partial charge in [-0.05, 0) is 79.8 Å². The van der Waals surface area contributed by atoms with Crippen LogP contribution in [0.4, 0.5) is 11.4 Å². The van der Waals surface area contributed by atoms with Gasteiger partial charge in [-0.15, -0.1) is 0 Å². The normalized spacial score (nSPS) is 12.5. The molecule has 1 aliphatic rings. The highest BCUT2D eigenvalue weighted by Crippen LogP contribution is 2.34. The van der Waals surface area contributed by atoms with Crippen molar-refractivity contribution in [2.45, 2.75) is 33.1 Å². The van der Waals surface area contributed by atoms with Gasteiger partial charge in [0.25, 0.3) is 11.8 Å². The van der Waals surface area contributed by atoms with Gasteiger partial charge in [-0.3, -0.25) is 9.59 Å². The molecule has 2 amide bonds. The van der Waals surface area contributed by atoms with Crippen LogP contribution in [0.1, 0.15) is 30.9 Å². The van der Waals surface area contributed by atoms with Gasteiger partial charge >= 0.3 is 0 Å². The molecule has 0 saturated carbocycles. The molecule has 1 aliphatic heterocycles. The second-order valence-electron chi connectivity index (χ2n) is 8.73. The molecular formula is C29H32N2O5. The molecule has 7 nitrogen and oxygen atoms in total. The number of hydrogen-bond donors (Lipinski definition) is 1. The fraction of sp³-hybridized carbons (Fsp3) is 0.310. The van der Waals surface area contributed by atoms with Crippen LogP contribution in [0.25, 0.3) is 0 Å². The summed E-state index contributed by atoms with van der Waals surface area (Å²) in [5.41, 5.74) is 3.54. The van der Waals surface area contributed by atoms with E-state index in [2.05, 4.69) is 12.2 Å². The summed E-state index contributed by atoms with van der Waals surface area (Å²) in [5, 5.41) is 2.85. The SMILES string of the molecule is CCc1cccc(OCC(=O)Nc2ccc3c(c2)N(CCCCOc2cccc(C)c2)C(=O)CO3)c1. The number of nitrogens with zero attached hydrogens (tertiary/aromatic N) is 1. The lowest BCUT2D eigenvalue weighted by atomic mass is 10.2. The molecule has 1 heterocycles. The zero-order chi connectivity index (χ0) is 25.3. The second-order valence-corrected chi connectivity index (χ2v) is 8.73. The number of carbonyl (C=O) groups is 2. The van der Waals surface area contributed by atoms with Crippen LogP contribution in [0.15, 0.2) is 66.7 Å². The largest absolute Gasteiger partial charge is 0.494 e. The first-order valence-electron chi connectivity index (χ1n) is 12.3.